The van der Waals surface area contributed by atoms with Crippen molar-refractivity contribution in [2.45, 2.75) is 0 Å². The molecule has 146 valence electrons. The molecule has 0 bridgehead atoms. The average Bonchev–Trinajstić information content (AvgIpc) is 3.45. The van der Waals surface area contributed by atoms with Gasteiger partial charge in [-0.05, 0) is 23.6 Å². The van der Waals surface area contributed by atoms with Gasteiger partial charge in [0, 0.05) is 47.9 Å². The summed E-state index contributed by atoms with van der Waals surface area (Å²) in [7, 11) is 0. The molecule has 0 radical (unpaired) electrons. The Morgan fingerprint density at radius 3 is 2.69 bits per heavy atom. The molecule has 5 rings (SSSR count). The highest BCUT2D eigenvalue weighted by molar-refractivity contribution is 7.14. The highest BCUT2D eigenvalue weighted by atomic mass is 32.1. The van der Waals surface area contributed by atoms with Crippen LogP contribution in [0.2, 0.25) is 0 Å². The van der Waals surface area contributed by atoms with Gasteiger partial charge in [0.05, 0.1) is 5.69 Å². The van der Waals surface area contributed by atoms with Crippen molar-refractivity contribution in [2.75, 3.05) is 31.1 Å². The van der Waals surface area contributed by atoms with E-state index in [1.54, 1.807) is 45.8 Å². The number of carbonyl (C=O) groups excluding carboxylic acids is 1. The van der Waals surface area contributed by atoms with E-state index < -0.39 is 5.63 Å². The molecule has 0 N–H and O–H groups in total. The summed E-state index contributed by atoms with van der Waals surface area (Å²) >= 11 is 3.27. The van der Waals surface area contributed by atoms with Crippen molar-refractivity contribution >= 4 is 44.7 Å². The molecule has 4 heterocycles. The van der Waals surface area contributed by atoms with Gasteiger partial charge in [0.15, 0.2) is 5.13 Å². The summed E-state index contributed by atoms with van der Waals surface area (Å²) in [6.07, 6.45) is 0. The number of thiazole rings is 1. The molecule has 6 nitrogen and oxygen atoms in total. The fourth-order valence-electron chi connectivity index (χ4n) is 3.43. The van der Waals surface area contributed by atoms with Crippen LogP contribution in [0, 0.1) is 0 Å². The number of carbonyl (C=O) groups is 1. The molecule has 3 aromatic heterocycles. The van der Waals surface area contributed by atoms with E-state index in [-0.39, 0.29) is 11.5 Å². The van der Waals surface area contributed by atoms with Gasteiger partial charge in [-0.3, -0.25) is 4.79 Å². The zero-order valence-corrected chi connectivity index (χ0v) is 17.0. The SMILES string of the molecule is O=C(c1cc2ccccc2oc1=O)N1CCN(c2nc(-c3ccsc3)cs2)CC1. The topological polar surface area (TPSA) is 66.7 Å². The molecule has 4 aromatic rings. The number of rotatable bonds is 3. The number of piperazine rings is 1. The Kier molecular flexibility index (Phi) is 4.65. The molecule has 0 aliphatic carbocycles. The number of fused-ring (bicyclic) bond motifs is 1. The van der Waals surface area contributed by atoms with Gasteiger partial charge in [-0.15, -0.1) is 11.3 Å². The lowest BCUT2D eigenvalue weighted by molar-refractivity contribution is 0.0742. The van der Waals surface area contributed by atoms with E-state index in [4.69, 9.17) is 9.40 Å². The summed E-state index contributed by atoms with van der Waals surface area (Å²) in [5.41, 5.74) is 2.11. The second-order valence-electron chi connectivity index (χ2n) is 6.79. The Labute approximate surface area is 174 Å². The van der Waals surface area contributed by atoms with E-state index in [2.05, 4.69) is 21.7 Å². The molecular formula is C21H17N3O3S2. The molecule has 29 heavy (non-hydrogen) atoms. The lowest BCUT2D eigenvalue weighted by Gasteiger charge is -2.34. The molecular weight excluding hydrogens is 406 g/mol. The van der Waals surface area contributed by atoms with Crippen LogP contribution in [-0.2, 0) is 0 Å². The van der Waals surface area contributed by atoms with Crippen LogP contribution >= 0.6 is 22.7 Å². The number of thiophene rings is 1. The maximum atomic E-state index is 12.9. The van der Waals surface area contributed by atoms with E-state index in [0.717, 1.165) is 21.8 Å². The van der Waals surface area contributed by atoms with Gasteiger partial charge in [0.25, 0.3) is 5.91 Å². The van der Waals surface area contributed by atoms with Crippen LogP contribution < -0.4 is 10.5 Å². The van der Waals surface area contributed by atoms with Crippen LogP contribution in [0.1, 0.15) is 10.4 Å². The summed E-state index contributed by atoms with van der Waals surface area (Å²) in [5, 5.41) is 7.91. The van der Waals surface area contributed by atoms with Crippen molar-refractivity contribution in [1.29, 1.82) is 0 Å². The molecule has 1 amide bonds. The number of para-hydroxylation sites is 1. The highest BCUT2D eigenvalue weighted by Gasteiger charge is 2.26. The number of hydrogen-bond donors (Lipinski definition) is 0. The van der Waals surface area contributed by atoms with Crippen molar-refractivity contribution in [1.82, 2.24) is 9.88 Å². The van der Waals surface area contributed by atoms with Gasteiger partial charge >= 0.3 is 5.63 Å². The quantitative estimate of drug-likeness (QED) is 0.467. The molecule has 0 spiro atoms. The van der Waals surface area contributed by atoms with Crippen LogP contribution in [0.3, 0.4) is 0 Å². The van der Waals surface area contributed by atoms with Crippen molar-refractivity contribution < 1.29 is 9.21 Å². The van der Waals surface area contributed by atoms with Gasteiger partial charge in [-0.2, -0.15) is 11.3 Å². The van der Waals surface area contributed by atoms with E-state index in [9.17, 15) is 9.59 Å². The molecule has 1 aromatic carbocycles. The normalized spacial score (nSPS) is 14.5. The summed E-state index contributed by atoms with van der Waals surface area (Å²) in [6.45, 7) is 2.44. The van der Waals surface area contributed by atoms with Crippen LogP contribution in [0.15, 0.2) is 61.8 Å². The van der Waals surface area contributed by atoms with Crippen LogP contribution in [-0.4, -0.2) is 42.0 Å². The number of hydrogen-bond acceptors (Lipinski definition) is 7. The Morgan fingerprint density at radius 1 is 1.07 bits per heavy atom. The van der Waals surface area contributed by atoms with Crippen molar-refractivity contribution in [3.63, 3.8) is 0 Å². The van der Waals surface area contributed by atoms with E-state index in [0.29, 0.717) is 31.8 Å². The zero-order chi connectivity index (χ0) is 19.8. The summed E-state index contributed by atoms with van der Waals surface area (Å²) < 4.78 is 5.31. The fraction of sp³-hybridized carbons (Fsp3) is 0.190. The van der Waals surface area contributed by atoms with Crippen molar-refractivity contribution in [2.24, 2.45) is 0 Å². The van der Waals surface area contributed by atoms with E-state index in [1.165, 1.54) is 0 Å². The lowest BCUT2D eigenvalue weighted by atomic mass is 10.1. The molecule has 0 atom stereocenters. The first-order valence-electron chi connectivity index (χ1n) is 9.24. The monoisotopic (exact) mass is 423 g/mol. The molecule has 8 heteroatoms. The smallest absolute Gasteiger partial charge is 0.349 e. The maximum Gasteiger partial charge on any atom is 0.349 e. The van der Waals surface area contributed by atoms with Gasteiger partial charge < -0.3 is 14.2 Å². The second-order valence-corrected chi connectivity index (χ2v) is 8.41. The number of benzene rings is 1. The molecule has 0 unspecified atom stereocenters. The predicted octanol–water partition coefficient (Wildman–Crippen LogP) is 3.94. The minimum Gasteiger partial charge on any atom is -0.422 e. The highest BCUT2D eigenvalue weighted by Crippen LogP contribution is 2.29. The van der Waals surface area contributed by atoms with Crippen LogP contribution in [0.25, 0.3) is 22.2 Å². The first-order valence-corrected chi connectivity index (χ1v) is 11.1. The minimum absolute atomic E-state index is 0.0890. The Bertz CT molecular complexity index is 1220. The van der Waals surface area contributed by atoms with Crippen molar-refractivity contribution in [3.05, 3.63) is 68.5 Å². The van der Waals surface area contributed by atoms with Gasteiger partial charge in [-0.1, -0.05) is 18.2 Å². The predicted molar refractivity (Wildman–Crippen MR) is 116 cm³/mol. The summed E-state index contributed by atoms with van der Waals surface area (Å²) in [4.78, 5) is 33.8. The lowest BCUT2D eigenvalue weighted by Crippen LogP contribution is -2.49. The zero-order valence-electron chi connectivity index (χ0n) is 15.4. The third-order valence-electron chi connectivity index (χ3n) is 5.02. The van der Waals surface area contributed by atoms with Crippen LogP contribution in [0.5, 0.6) is 0 Å². The Balaban J connectivity index is 1.30. The third kappa shape index (κ3) is 3.45. The van der Waals surface area contributed by atoms with Gasteiger partial charge in [0.1, 0.15) is 11.1 Å². The standard InChI is InChI=1S/C21H17N3O3S2/c25-19(16-11-14-3-1-2-4-18(14)27-20(16)26)23-6-8-24(9-7-23)21-22-17(13-29-21)15-5-10-28-12-15/h1-5,10-13H,6-9H2. The van der Waals surface area contributed by atoms with Gasteiger partial charge in [0.2, 0.25) is 0 Å². The first-order chi connectivity index (χ1) is 14.2. The number of anilines is 1. The molecule has 0 saturated carbocycles. The number of amides is 1. The van der Waals surface area contributed by atoms with E-state index in [1.807, 2.05) is 17.5 Å². The second kappa shape index (κ2) is 7.46. The van der Waals surface area contributed by atoms with Crippen molar-refractivity contribution in [3.8, 4) is 11.3 Å². The number of nitrogens with zero attached hydrogens (tertiary/aromatic N) is 3. The molecule has 1 aliphatic rings. The first kappa shape index (κ1) is 18.1. The third-order valence-corrected chi connectivity index (χ3v) is 6.60. The largest absolute Gasteiger partial charge is 0.422 e. The maximum absolute atomic E-state index is 12.9. The molecule has 1 aliphatic heterocycles. The molecule has 1 fully saturated rings. The Hall–Kier alpha value is -2.97. The van der Waals surface area contributed by atoms with E-state index >= 15 is 0 Å². The minimum atomic E-state index is -0.587. The summed E-state index contributed by atoms with van der Waals surface area (Å²) in [5.74, 6) is -0.276. The Morgan fingerprint density at radius 2 is 1.90 bits per heavy atom. The van der Waals surface area contributed by atoms with Crippen LogP contribution in [0.4, 0.5) is 5.13 Å². The van der Waals surface area contributed by atoms with Gasteiger partial charge in [-0.25, -0.2) is 9.78 Å². The molecule has 1 saturated heterocycles. The summed E-state index contributed by atoms with van der Waals surface area (Å²) in [6, 6.07) is 10.9. The number of aromatic nitrogens is 1. The average molecular weight is 424 g/mol. The fourth-order valence-corrected chi connectivity index (χ4v) is 4.97.